The van der Waals surface area contributed by atoms with Gasteiger partial charge in [-0.05, 0) is 25.0 Å². The van der Waals surface area contributed by atoms with Crippen LogP contribution in [0.5, 0.6) is 5.75 Å². The molecule has 3 aromatic rings. The largest absolute Gasteiger partial charge is 0.486 e. The number of amides is 1. The Hall–Kier alpha value is -2.67. The van der Waals surface area contributed by atoms with Crippen molar-refractivity contribution < 1.29 is 9.53 Å². The van der Waals surface area contributed by atoms with E-state index in [4.69, 9.17) is 4.74 Å². The van der Waals surface area contributed by atoms with Gasteiger partial charge in [-0.15, -0.1) is 11.3 Å². The Bertz CT molecular complexity index is 884. The number of benzene rings is 1. The van der Waals surface area contributed by atoms with Crippen LogP contribution >= 0.6 is 11.3 Å². The number of thiazole rings is 1. The zero-order chi connectivity index (χ0) is 19.2. The fraction of sp³-hybridized carbons (Fsp3) is 0.350. The Morgan fingerprint density at radius 1 is 1.26 bits per heavy atom. The van der Waals surface area contributed by atoms with Crippen LogP contribution < -0.4 is 10.1 Å². The summed E-state index contributed by atoms with van der Waals surface area (Å²) in [5, 5.41) is 9.91. The average molecular weight is 385 g/mol. The first-order valence-electron chi connectivity index (χ1n) is 8.94. The zero-order valence-electron chi connectivity index (χ0n) is 15.8. The molecule has 3 rings (SSSR count). The molecule has 0 spiro atoms. The number of hydrogen-bond acceptors (Lipinski definition) is 5. The summed E-state index contributed by atoms with van der Waals surface area (Å²) in [6, 6.07) is 9.71. The smallest absolute Gasteiger partial charge is 0.231 e. The standard InChI is InChI=1S/C20H24N4O2S/c1-14(2)11-24-18(8-9-21-24)23-19(25)10-16-13-27-20(22-16)12-26-17-6-4-15(3)5-7-17/h4-9,13-14H,10-12H2,1-3H3,(H,23,25). The highest BCUT2D eigenvalue weighted by Crippen LogP contribution is 2.17. The quantitative estimate of drug-likeness (QED) is 0.636. The summed E-state index contributed by atoms with van der Waals surface area (Å²) >= 11 is 1.50. The monoisotopic (exact) mass is 384 g/mol. The van der Waals surface area contributed by atoms with E-state index < -0.39 is 0 Å². The number of ether oxygens (including phenoxy) is 1. The lowest BCUT2D eigenvalue weighted by atomic mass is 10.2. The molecular weight excluding hydrogens is 360 g/mol. The summed E-state index contributed by atoms with van der Waals surface area (Å²) in [5.74, 6) is 1.88. The van der Waals surface area contributed by atoms with Gasteiger partial charge in [0.1, 0.15) is 23.2 Å². The van der Waals surface area contributed by atoms with Gasteiger partial charge >= 0.3 is 0 Å². The van der Waals surface area contributed by atoms with Crippen molar-refractivity contribution in [2.75, 3.05) is 5.32 Å². The third kappa shape index (κ3) is 5.65. The molecule has 0 radical (unpaired) electrons. The van der Waals surface area contributed by atoms with Crippen molar-refractivity contribution in [3.05, 3.63) is 58.2 Å². The third-order valence-corrected chi connectivity index (χ3v) is 4.72. The van der Waals surface area contributed by atoms with Gasteiger partial charge in [0.15, 0.2) is 0 Å². The number of hydrogen-bond donors (Lipinski definition) is 1. The van der Waals surface area contributed by atoms with Crippen LogP contribution in [0.15, 0.2) is 41.9 Å². The Morgan fingerprint density at radius 2 is 2.04 bits per heavy atom. The summed E-state index contributed by atoms with van der Waals surface area (Å²) in [7, 11) is 0. The Balaban J connectivity index is 1.52. The normalized spacial score (nSPS) is 11.0. The molecule has 0 bridgehead atoms. The lowest BCUT2D eigenvalue weighted by Gasteiger charge is -2.10. The van der Waals surface area contributed by atoms with Crippen molar-refractivity contribution >= 4 is 23.1 Å². The average Bonchev–Trinajstić information content (AvgIpc) is 3.24. The summed E-state index contributed by atoms with van der Waals surface area (Å²) in [6.07, 6.45) is 1.93. The highest BCUT2D eigenvalue weighted by atomic mass is 32.1. The fourth-order valence-corrected chi connectivity index (χ4v) is 3.26. The zero-order valence-corrected chi connectivity index (χ0v) is 16.6. The maximum absolute atomic E-state index is 12.3. The van der Waals surface area contributed by atoms with Crippen molar-refractivity contribution in [3.8, 4) is 5.75 Å². The van der Waals surface area contributed by atoms with Gasteiger partial charge in [-0.25, -0.2) is 9.67 Å². The molecule has 1 aromatic carbocycles. The molecule has 1 amide bonds. The SMILES string of the molecule is Cc1ccc(OCc2nc(CC(=O)Nc3ccnn3CC(C)C)cs2)cc1. The Morgan fingerprint density at radius 3 is 2.78 bits per heavy atom. The minimum Gasteiger partial charge on any atom is -0.486 e. The molecular formula is C20H24N4O2S. The van der Waals surface area contributed by atoms with E-state index in [1.807, 2.05) is 47.3 Å². The van der Waals surface area contributed by atoms with Crippen LogP contribution in [-0.2, 0) is 24.4 Å². The molecule has 27 heavy (non-hydrogen) atoms. The molecule has 0 saturated carbocycles. The van der Waals surface area contributed by atoms with Gasteiger partial charge in [-0.1, -0.05) is 31.5 Å². The van der Waals surface area contributed by atoms with E-state index in [1.165, 1.54) is 16.9 Å². The molecule has 6 nitrogen and oxygen atoms in total. The van der Waals surface area contributed by atoms with E-state index in [0.717, 1.165) is 23.0 Å². The number of aromatic nitrogens is 3. The number of aryl methyl sites for hydroxylation is 1. The van der Waals surface area contributed by atoms with Gasteiger partial charge in [0.2, 0.25) is 5.91 Å². The van der Waals surface area contributed by atoms with Crippen molar-refractivity contribution in [3.63, 3.8) is 0 Å². The van der Waals surface area contributed by atoms with E-state index >= 15 is 0 Å². The van der Waals surface area contributed by atoms with Gasteiger partial charge in [0.25, 0.3) is 0 Å². The molecule has 0 saturated heterocycles. The van der Waals surface area contributed by atoms with Gasteiger partial charge in [-0.3, -0.25) is 4.79 Å². The van der Waals surface area contributed by atoms with Crippen LogP contribution in [0.3, 0.4) is 0 Å². The molecule has 0 unspecified atom stereocenters. The number of rotatable bonds is 8. The lowest BCUT2D eigenvalue weighted by molar-refractivity contribution is -0.115. The maximum Gasteiger partial charge on any atom is 0.231 e. The number of nitrogens with zero attached hydrogens (tertiary/aromatic N) is 3. The highest BCUT2D eigenvalue weighted by Gasteiger charge is 2.11. The topological polar surface area (TPSA) is 69.0 Å². The third-order valence-electron chi connectivity index (χ3n) is 3.85. The van der Waals surface area contributed by atoms with E-state index in [9.17, 15) is 4.79 Å². The first kappa shape index (κ1) is 19.1. The number of nitrogens with one attached hydrogen (secondary N) is 1. The Labute approximate surface area is 163 Å². The first-order chi connectivity index (χ1) is 13.0. The fourth-order valence-electron chi connectivity index (χ4n) is 2.56. The molecule has 1 N–H and O–H groups in total. The summed E-state index contributed by atoms with van der Waals surface area (Å²) in [6.45, 7) is 7.43. The number of carbonyl (C=O) groups excluding carboxylic acids is 1. The van der Waals surface area contributed by atoms with Crippen LogP contribution in [0.25, 0.3) is 0 Å². The van der Waals surface area contributed by atoms with Gasteiger partial charge in [-0.2, -0.15) is 5.10 Å². The van der Waals surface area contributed by atoms with Gasteiger partial charge < -0.3 is 10.1 Å². The van der Waals surface area contributed by atoms with Crippen LogP contribution in [0.1, 0.15) is 30.1 Å². The molecule has 7 heteroatoms. The number of carbonyl (C=O) groups is 1. The van der Waals surface area contributed by atoms with Crippen LogP contribution in [0.4, 0.5) is 5.82 Å². The highest BCUT2D eigenvalue weighted by molar-refractivity contribution is 7.09. The van der Waals surface area contributed by atoms with Gasteiger partial charge in [0, 0.05) is 18.0 Å². The minimum atomic E-state index is -0.100. The molecule has 0 fully saturated rings. The van der Waals surface area contributed by atoms with Crippen LogP contribution in [0.2, 0.25) is 0 Å². The molecule has 0 aliphatic heterocycles. The Kier molecular flexibility index (Phi) is 6.24. The molecule has 142 valence electrons. The van der Waals surface area contributed by atoms with E-state index in [2.05, 4.69) is 29.2 Å². The predicted molar refractivity (Wildman–Crippen MR) is 107 cm³/mol. The second-order valence-corrected chi connectivity index (χ2v) is 7.79. The van der Waals surface area contributed by atoms with E-state index in [1.54, 1.807) is 6.20 Å². The minimum absolute atomic E-state index is 0.100. The molecule has 0 aliphatic rings. The van der Waals surface area contributed by atoms with Crippen LogP contribution in [0, 0.1) is 12.8 Å². The molecule has 2 aromatic heterocycles. The first-order valence-corrected chi connectivity index (χ1v) is 9.82. The van der Waals surface area contributed by atoms with Crippen LogP contribution in [-0.4, -0.2) is 20.7 Å². The van der Waals surface area contributed by atoms with Crippen molar-refractivity contribution in [2.24, 2.45) is 5.92 Å². The summed E-state index contributed by atoms with van der Waals surface area (Å²) in [4.78, 5) is 16.8. The van der Waals surface area contributed by atoms with Crippen molar-refractivity contribution in [1.82, 2.24) is 14.8 Å². The molecule has 2 heterocycles. The summed E-state index contributed by atoms with van der Waals surface area (Å²) < 4.78 is 7.55. The van der Waals surface area contributed by atoms with Crippen molar-refractivity contribution in [2.45, 2.75) is 40.3 Å². The number of anilines is 1. The summed E-state index contributed by atoms with van der Waals surface area (Å²) in [5.41, 5.74) is 1.94. The van der Waals surface area contributed by atoms with Crippen molar-refractivity contribution in [1.29, 1.82) is 0 Å². The predicted octanol–water partition coefficient (Wildman–Crippen LogP) is 4.06. The lowest BCUT2D eigenvalue weighted by Crippen LogP contribution is -2.19. The van der Waals surface area contributed by atoms with E-state index in [-0.39, 0.29) is 12.3 Å². The molecule has 0 atom stereocenters. The van der Waals surface area contributed by atoms with Gasteiger partial charge in [0.05, 0.1) is 18.3 Å². The second kappa shape index (κ2) is 8.81. The maximum atomic E-state index is 12.3. The van der Waals surface area contributed by atoms with E-state index in [0.29, 0.717) is 18.3 Å². The molecule has 0 aliphatic carbocycles. The second-order valence-electron chi connectivity index (χ2n) is 6.85.